The largest absolute Gasteiger partial charge is 0.483 e. The quantitative estimate of drug-likeness (QED) is 0.778. The van der Waals surface area contributed by atoms with Gasteiger partial charge in [0, 0.05) is 18.3 Å². The molecule has 0 saturated heterocycles. The number of fused-ring (bicyclic) bond motifs is 3. The maximum atomic E-state index is 11.8. The van der Waals surface area contributed by atoms with E-state index in [1.54, 1.807) is 29.0 Å². The van der Waals surface area contributed by atoms with Gasteiger partial charge in [0.2, 0.25) is 5.78 Å². The highest BCUT2D eigenvalue weighted by molar-refractivity contribution is 5.97. The molecule has 1 aromatic heterocycles. The first-order chi connectivity index (χ1) is 8.66. The molecule has 3 rings (SSSR count). The van der Waals surface area contributed by atoms with Crippen LogP contribution in [0.25, 0.3) is 5.69 Å². The Morgan fingerprint density at radius 2 is 2.17 bits per heavy atom. The van der Waals surface area contributed by atoms with Crippen molar-refractivity contribution in [1.82, 2.24) is 4.57 Å². The van der Waals surface area contributed by atoms with E-state index in [0.29, 0.717) is 17.1 Å². The second kappa shape index (κ2) is 3.69. The highest BCUT2D eigenvalue weighted by atomic mass is 16.6. The SMILES string of the molecule is O=C1COc2ccc([N+](=O)O)cc2-n2cccc21. The standard InChI is InChI=1S/C12H9N2O4/c15-11-7-18-12-4-3-8(14(16)17)6-10(12)13-5-1-2-9(11)13/h1-6H,7H2,(H,16,17)/q+1. The summed E-state index contributed by atoms with van der Waals surface area (Å²) in [5.41, 5.74) is 1.11. The second-order valence-corrected chi connectivity index (χ2v) is 3.90. The summed E-state index contributed by atoms with van der Waals surface area (Å²) in [6.45, 7) is -0.0451. The van der Waals surface area contributed by atoms with E-state index in [9.17, 15) is 9.70 Å². The van der Waals surface area contributed by atoms with Crippen molar-refractivity contribution in [1.29, 1.82) is 0 Å². The molecule has 0 radical (unpaired) electrons. The van der Waals surface area contributed by atoms with Gasteiger partial charge in [-0.15, -0.1) is 0 Å². The third-order valence-corrected chi connectivity index (χ3v) is 2.82. The number of hydrogen-bond donors (Lipinski definition) is 1. The van der Waals surface area contributed by atoms with Crippen LogP contribution in [-0.4, -0.2) is 27.1 Å². The predicted octanol–water partition coefficient (Wildman–Crippen LogP) is 1.85. The Morgan fingerprint density at radius 3 is 2.94 bits per heavy atom. The zero-order chi connectivity index (χ0) is 12.7. The molecular weight excluding hydrogens is 236 g/mol. The van der Waals surface area contributed by atoms with E-state index >= 15 is 0 Å². The number of ether oxygens (including phenoxy) is 1. The molecule has 0 bridgehead atoms. The van der Waals surface area contributed by atoms with Crippen LogP contribution in [0.1, 0.15) is 10.5 Å². The Bertz CT molecular complexity index is 660. The number of ketones is 1. The van der Waals surface area contributed by atoms with E-state index in [-0.39, 0.29) is 23.0 Å². The molecule has 2 heterocycles. The van der Waals surface area contributed by atoms with Crippen LogP contribution in [0, 0.1) is 4.91 Å². The molecule has 1 aliphatic heterocycles. The normalized spacial score (nSPS) is 13.2. The Balaban J connectivity index is 2.26. The topological polar surface area (TPSA) is 71.5 Å². The molecule has 0 fully saturated rings. The Morgan fingerprint density at radius 1 is 1.33 bits per heavy atom. The Hall–Kier alpha value is -2.63. The van der Waals surface area contributed by atoms with Crippen LogP contribution in [0.5, 0.6) is 5.75 Å². The smallest absolute Gasteiger partial charge is 0.318 e. The number of rotatable bonds is 1. The number of Topliss-reactive ketones (excluding diaryl/α,β-unsaturated/α-hetero) is 1. The molecule has 2 aromatic rings. The molecule has 1 aliphatic rings. The maximum Gasteiger partial charge on any atom is 0.318 e. The van der Waals surface area contributed by atoms with Crippen LogP contribution in [0.2, 0.25) is 0 Å². The van der Waals surface area contributed by atoms with E-state index in [1.807, 2.05) is 0 Å². The number of carbonyl (C=O) groups excluding carboxylic acids is 1. The summed E-state index contributed by atoms with van der Waals surface area (Å²) in [6, 6.07) is 7.85. The average Bonchev–Trinajstić information content (AvgIpc) is 2.80. The second-order valence-electron chi connectivity index (χ2n) is 3.90. The van der Waals surface area contributed by atoms with Gasteiger partial charge in [0.15, 0.2) is 6.61 Å². The van der Waals surface area contributed by atoms with Crippen LogP contribution >= 0.6 is 0 Å². The Labute approximate surface area is 102 Å². The van der Waals surface area contributed by atoms with Crippen molar-refractivity contribution in [3.8, 4) is 11.4 Å². The number of benzene rings is 1. The van der Waals surface area contributed by atoms with Gasteiger partial charge in [0.05, 0.1) is 16.3 Å². The molecule has 0 saturated carbocycles. The molecule has 0 atom stereocenters. The van der Waals surface area contributed by atoms with Crippen molar-refractivity contribution in [2.24, 2.45) is 0 Å². The zero-order valence-corrected chi connectivity index (χ0v) is 9.24. The van der Waals surface area contributed by atoms with Gasteiger partial charge >= 0.3 is 5.69 Å². The van der Waals surface area contributed by atoms with E-state index < -0.39 is 0 Å². The van der Waals surface area contributed by atoms with E-state index in [4.69, 9.17) is 9.94 Å². The summed E-state index contributed by atoms with van der Waals surface area (Å²) in [5.74, 6) is 0.352. The lowest BCUT2D eigenvalue weighted by atomic mass is 10.2. The number of nitrogens with zero attached hydrogens (tertiary/aromatic N) is 2. The minimum absolute atomic E-state index is 0.0451. The highest BCUT2D eigenvalue weighted by Gasteiger charge is 2.23. The molecule has 0 amide bonds. The highest BCUT2D eigenvalue weighted by Crippen LogP contribution is 2.31. The maximum absolute atomic E-state index is 11.8. The third-order valence-electron chi connectivity index (χ3n) is 2.82. The van der Waals surface area contributed by atoms with E-state index in [0.717, 1.165) is 0 Å². The van der Waals surface area contributed by atoms with Gasteiger partial charge in [-0.25, -0.2) is 5.21 Å². The van der Waals surface area contributed by atoms with Gasteiger partial charge in [-0.3, -0.25) is 4.79 Å². The van der Waals surface area contributed by atoms with Gasteiger partial charge in [-0.1, -0.05) is 0 Å². The lowest BCUT2D eigenvalue weighted by Gasteiger charge is -2.07. The van der Waals surface area contributed by atoms with Gasteiger partial charge in [-0.2, -0.15) is 0 Å². The van der Waals surface area contributed by atoms with Gasteiger partial charge in [0.25, 0.3) is 4.92 Å². The van der Waals surface area contributed by atoms with Crippen LogP contribution in [0.4, 0.5) is 5.69 Å². The first-order valence-electron chi connectivity index (χ1n) is 5.31. The van der Waals surface area contributed by atoms with Gasteiger partial charge in [0.1, 0.15) is 5.75 Å². The summed E-state index contributed by atoms with van der Waals surface area (Å²) in [4.78, 5) is 22.4. The van der Waals surface area contributed by atoms with Crippen molar-refractivity contribution < 1.29 is 19.7 Å². The molecule has 1 aromatic carbocycles. The fraction of sp³-hybridized carbons (Fsp3) is 0.0833. The van der Waals surface area contributed by atoms with Crippen molar-refractivity contribution in [2.45, 2.75) is 0 Å². The molecule has 90 valence electrons. The molecule has 0 spiro atoms. The summed E-state index contributed by atoms with van der Waals surface area (Å²) in [6.07, 6.45) is 1.71. The van der Waals surface area contributed by atoms with Crippen LogP contribution in [0.3, 0.4) is 0 Å². The molecule has 6 nitrogen and oxygen atoms in total. The van der Waals surface area contributed by atoms with Crippen molar-refractivity contribution in [3.05, 3.63) is 47.1 Å². The molecular formula is C12H9N2O4+. The van der Waals surface area contributed by atoms with Gasteiger partial charge in [-0.05, 0) is 18.2 Å². The van der Waals surface area contributed by atoms with Crippen LogP contribution in [-0.2, 0) is 0 Å². The van der Waals surface area contributed by atoms with Gasteiger partial charge < -0.3 is 9.30 Å². The van der Waals surface area contributed by atoms with Crippen molar-refractivity contribution in [3.63, 3.8) is 0 Å². The molecule has 0 aliphatic carbocycles. The minimum atomic E-state index is -0.226. The summed E-state index contributed by atoms with van der Waals surface area (Å²) in [5, 5.41) is 8.91. The van der Waals surface area contributed by atoms with Crippen LogP contribution < -0.4 is 4.74 Å². The molecule has 0 unspecified atom stereocenters. The first kappa shape index (κ1) is 10.5. The van der Waals surface area contributed by atoms with Crippen molar-refractivity contribution >= 4 is 11.5 Å². The summed E-state index contributed by atoms with van der Waals surface area (Å²) in [7, 11) is 0. The fourth-order valence-corrected chi connectivity index (χ4v) is 1.97. The number of carbonyl (C=O) groups is 1. The summed E-state index contributed by atoms with van der Waals surface area (Å²) < 4.78 is 7.00. The van der Waals surface area contributed by atoms with E-state index in [2.05, 4.69) is 0 Å². The molecule has 6 heteroatoms. The van der Waals surface area contributed by atoms with Crippen LogP contribution in [0.15, 0.2) is 36.5 Å². The zero-order valence-electron chi connectivity index (χ0n) is 9.24. The lowest BCUT2D eigenvalue weighted by Crippen LogP contribution is -2.10. The monoisotopic (exact) mass is 245 g/mol. The van der Waals surface area contributed by atoms with E-state index in [1.165, 1.54) is 12.1 Å². The van der Waals surface area contributed by atoms with Crippen molar-refractivity contribution in [2.75, 3.05) is 6.61 Å². The fourth-order valence-electron chi connectivity index (χ4n) is 1.97. The number of aromatic nitrogens is 1. The Kier molecular flexibility index (Phi) is 2.16. The lowest BCUT2D eigenvalue weighted by molar-refractivity contribution is -0.729. The first-order valence-corrected chi connectivity index (χ1v) is 5.31. The predicted molar refractivity (Wildman–Crippen MR) is 60.7 cm³/mol. The minimum Gasteiger partial charge on any atom is -0.483 e. The molecule has 1 N–H and O–H groups in total. The third kappa shape index (κ3) is 1.46. The number of hydrogen-bond acceptors (Lipinski definition) is 3. The molecule has 18 heavy (non-hydrogen) atoms. The summed E-state index contributed by atoms with van der Waals surface area (Å²) >= 11 is 0. The average molecular weight is 245 g/mol.